The number of fused-ring (bicyclic) bond motifs is 3. The average molecular weight is 272 g/mol. The summed E-state index contributed by atoms with van der Waals surface area (Å²) < 4.78 is 5.36. The van der Waals surface area contributed by atoms with E-state index in [4.69, 9.17) is 4.42 Å². The standard InChI is InChI=1S/C19H12O2/c20-19-16-11-10-14(13-6-2-1-3-7-13)12-17(16)15-8-4-5-9-18(15)21-19/h1-12H. The lowest BCUT2D eigenvalue weighted by Gasteiger charge is -2.06. The van der Waals surface area contributed by atoms with Crippen LogP contribution in [-0.4, -0.2) is 0 Å². The van der Waals surface area contributed by atoms with Gasteiger partial charge in [0, 0.05) is 10.8 Å². The molecule has 0 aliphatic heterocycles. The second kappa shape index (κ2) is 4.60. The molecule has 1 heterocycles. The van der Waals surface area contributed by atoms with E-state index in [-0.39, 0.29) is 5.63 Å². The molecule has 3 aromatic carbocycles. The van der Waals surface area contributed by atoms with Crippen LogP contribution in [0, 0.1) is 0 Å². The second-order valence-corrected chi connectivity index (χ2v) is 5.01. The summed E-state index contributed by atoms with van der Waals surface area (Å²) in [7, 11) is 0. The maximum atomic E-state index is 12.1. The molecule has 4 rings (SSSR count). The molecule has 0 spiro atoms. The molecular weight excluding hydrogens is 260 g/mol. The lowest BCUT2D eigenvalue weighted by Crippen LogP contribution is -1.99. The summed E-state index contributed by atoms with van der Waals surface area (Å²) in [6.45, 7) is 0. The Morgan fingerprint density at radius 2 is 1.38 bits per heavy atom. The van der Waals surface area contributed by atoms with Crippen LogP contribution in [0.1, 0.15) is 0 Å². The summed E-state index contributed by atoms with van der Waals surface area (Å²) in [5, 5.41) is 2.52. The average Bonchev–Trinajstić information content (AvgIpc) is 2.55. The van der Waals surface area contributed by atoms with Crippen molar-refractivity contribution < 1.29 is 4.42 Å². The second-order valence-electron chi connectivity index (χ2n) is 5.01. The molecule has 1 aromatic heterocycles. The van der Waals surface area contributed by atoms with Crippen LogP contribution < -0.4 is 5.63 Å². The molecule has 21 heavy (non-hydrogen) atoms. The largest absolute Gasteiger partial charge is 0.422 e. The fourth-order valence-electron chi connectivity index (χ4n) is 2.69. The van der Waals surface area contributed by atoms with Crippen molar-refractivity contribution >= 4 is 21.7 Å². The first-order valence-electron chi connectivity index (χ1n) is 6.84. The van der Waals surface area contributed by atoms with E-state index in [1.807, 2.05) is 54.6 Å². The summed E-state index contributed by atoms with van der Waals surface area (Å²) in [6.07, 6.45) is 0. The molecule has 0 N–H and O–H groups in total. The van der Waals surface area contributed by atoms with Crippen LogP contribution in [0.5, 0.6) is 0 Å². The van der Waals surface area contributed by atoms with E-state index < -0.39 is 0 Å². The minimum absolute atomic E-state index is 0.289. The zero-order valence-electron chi connectivity index (χ0n) is 11.2. The van der Waals surface area contributed by atoms with Gasteiger partial charge in [-0.25, -0.2) is 4.79 Å². The van der Waals surface area contributed by atoms with E-state index in [1.54, 1.807) is 0 Å². The summed E-state index contributed by atoms with van der Waals surface area (Å²) in [5.74, 6) is 0. The molecule has 0 radical (unpaired) electrons. The van der Waals surface area contributed by atoms with Crippen molar-refractivity contribution in [2.75, 3.05) is 0 Å². The van der Waals surface area contributed by atoms with Gasteiger partial charge < -0.3 is 4.42 Å². The molecule has 0 fully saturated rings. The summed E-state index contributed by atoms with van der Waals surface area (Å²) in [5.41, 5.74) is 2.57. The molecule has 100 valence electrons. The van der Waals surface area contributed by atoms with Gasteiger partial charge in [-0.3, -0.25) is 0 Å². The molecule has 0 aliphatic rings. The van der Waals surface area contributed by atoms with Gasteiger partial charge in [-0.05, 0) is 29.3 Å². The predicted octanol–water partition coefficient (Wildman–Crippen LogP) is 4.61. The zero-order valence-corrected chi connectivity index (χ0v) is 11.2. The van der Waals surface area contributed by atoms with Crippen molar-refractivity contribution in [3.8, 4) is 11.1 Å². The third-order valence-corrected chi connectivity index (χ3v) is 3.73. The first-order chi connectivity index (χ1) is 10.3. The van der Waals surface area contributed by atoms with Crippen LogP contribution in [0.3, 0.4) is 0 Å². The lowest BCUT2D eigenvalue weighted by molar-refractivity contribution is 0.569. The van der Waals surface area contributed by atoms with E-state index in [0.717, 1.165) is 21.9 Å². The Morgan fingerprint density at radius 1 is 0.619 bits per heavy atom. The topological polar surface area (TPSA) is 30.2 Å². The van der Waals surface area contributed by atoms with E-state index in [0.29, 0.717) is 11.0 Å². The monoisotopic (exact) mass is 272 g/mol. The van der Waals surface area contributed by atoms with Crippen molar-refractivity contribution in [1.29, 1.82) is 0 Å². The molecule has 4 aromatic rings. The Labute approximate surface area is 121 Å². The van der Waals surface area contributed by atoms with Crippen LogP contribution in [0.15, 0.2) is 82.0 Å². The highest BCUT2D eigenvalue weighted by Gasteiger charge is 2.08. The van der Waals surface area contributed by atoms with Gasteiger partial charge in [0.1, 0.15) is 5.58 Å². The van der Waals surface area contributed by atoms with E-state index >= 15 is 0 Å². The molecular formula is C19H12O2. The van der Waals surface area contributed by atoms with Crippen LogP contribution in [0.2, 0.25) is 0 Å². The van der Waals surface area contributed by atoms with Gasteiger partial charge in [-0.1, -0.05) is 54.6 Å². The lowest BCUT2D eigenvalue weighted by atomic mass is 10.0. The maximum absolute atomic E-state index is 12.1. The first-order valence-corrected chi connectivity index (χ1v) is 6.84. The number of rotatable bonds is 1. The predicted molar refractivity (Wildman–Crippen MR) is 85.4 cm³/mol. The van der Waals surface area contributed by atoms with Crippen molar-refractivity contribution in [3.63, 3.8) is 0 Å². The fourth-order valence-corrected chi connectivity index (χ4v) is 2.69. The minimum Gasteiger partial charge on any atom is -0.422 e. The summed E-state index contributed by atoms with van der Waals surface area (Å²) in [6, 6.07) is 23.6. The maximum Gasteiger partial charge on any atom is 0.344 e. The van der Waals surface area contributed by atoms with Crippen molar-refractivity contribution in [2.45, 2.75) is 0 Å². The molecule has 0 aliphatic carbocycles. The quantitative estimate of drug-likeness (QED) is 0.374. The van der Waals surface area contributed by atoms with Crippen LogP contribution in [0.4, 0.5) is 0 Å². The first kappa shape index (κ1) is 11.9. The van der Waals surface area contributed by atoms with Gasteiger partial charge in [0.25, 0.3) is 0 Å². The Bertz CT molecular complexity index is 998. The normalized spacial score (nSPS) is 11.0. The number of hydrogen-bond donors (Lipinski definition) is 0. The van der Waals surface area contributed by atoms with Crippen LogP contribution in [0.25, 0.3) is 32.9 Å². The van der Waals surface area contributed by atoms with Crippen molar-refractivity contribution in [1.82, 2.24) is 0 Å². The molecule has 0 amide bonds. The molecule has 0 unspecified atom stereocenters. The van der Waals surface area contributed by atoms with Crippen LogP contribution >= 0.6 is 0 Å². The Hall–Kier alpha value is -2.87. The van der Waals surface area contributed by atoms with Gasteiger partial charge >= 0.3 is 5.63 Å². The van der Waals surface area contributed by atoms with Gasteiger partial charge in [-0.2, -0.15) is 0 Å². The third kappa shape index (κ3) is 1.93. The molecule has 2 heteroatoms. The van der Waals surface area contributed by atoms with Gasteiger partial charge in [0.2, 0.25) is 0 Å². The Kier molecular flexibility index (Phi) is 2.61. The highest BCUT2D eigenvalue weighted by atomic mass is 16.4. The highest BCUT2D eigenvalue weighted by molar-refractivity contribution is 6.05. The molecule has 0 saturated heterocycles. The molecule has 2 nitrogen and oxygen atoms in total. The number of para-hydroxylation sites is 1. The van der Waals surface area contributed by atoms with Crippen molar-refractivity contribution in [2.24, 2.45) is 0 Å². The minimum atomic E-state index is -0.289. The Balaban J connectivity index is 2.11. The molecule has 0 saturated carbocycles. The van der Waals surface area contributed by atoms with Crippen molar-refractivity contribution in [3.05, 3.63) is 83.2 Å². The SMILES string of the molecule is O=c1oc2ccccc2c2cc(-c3ccccc3)ccc12. The summed E-state index contributed by atoms with van der Waals surface area (Å²) >= 11 is 0. The van der Waals surface area contributed by atoms with Gasteiger partial charge in [-0.15, -0.1) is 0 Å². The smallest absolute Gasteiger partial charge is 0.344 e. The number of hydrogen-bond acceptors (Lipinski definition) is 2. The molecule has 0 atom stereocenters. The van der Waals surface area contributed by atoms with Gasteiger partial charge in [0.15, 0.2) is 0 Å². The third-order valence-electron chi connectivity index (χ3n) is 3.73. The fraction of sp³-hybridized carbons (Fsp3) is 0. The van der Waals surface area contributed by atoms with Crippen LogP contribution in [-0.2, 0) is 0 Å². The van der Waals surface area contributed by atoms with Gasteiger partial charge in [0.05, 0.1) is 5.39 Å². The molecule has 0 bridgehead atoms. The van der Waals surface area contributed by atoms with E-state index in [1.165, 1.54) is 0 Å². The van der Waals surface area contributed by atoms with E-state index in [9.17, 15) is 4.79 Å². The number of benzene rings is 3. The van der Waals surface area contributed by atoms with E-state index in [2.05, 4.69) is 18.2 Å². The highest BCUT2D eigenvalue weighted by Crippen LogP contribution is 2.27. The Morgan fingerprint density at radius 3 is 2.24 bits per heavy atom. The summed E-state index contributed by atoms with van der Waals surface area (Å²) in [4.78, 5) is 12.1. The zero-order chi connectivity index (χ0) is 14.2.